The van der Waals surface area contributed by atoms with Gasteiger partial charge in [0, 0.05) is 49.3 Å². The summed E-state index contributed by atoms with van der Waals surface area (Å²) in [7, 11) is -4.35. The zero-order valence-electron chi connectivity index (χ0n) is 22.8. The third-order valence-electron chi connectivity index (χ3n) is 8.18. The molecule has 2 N–H and O–H groups in total. The van der Waals surface area contributed by atoms with Crippen LogP contribution >= 0.6 is 7.60 Å². The summed E-state index contributed by atoms with van der Waals surface area (Å²) < 4.78 is 37.0. The second kappa shape index (κ2) is 10.8. The molecule has 3 heterocycles. The average molecular weight is 582 g/mol. The van der Waals surface area contributed by atoms with E-state index in [-0.39, 0.29) is 11.1 Å². The summed E-state index contributed by atoms with van der Waals surface area (Å²) in [6.07, 6.45) is 4.40. The van der Waals surface area contributed by atoms with E-state index in [1.165, 1.54) is 34.9 Å². The number of ether oxygens (including phenoxy) is 2. The summed E-state index contributed by atoms with van der Waals surface area (Å²) in [6.45, 7) is 5.05. The molecular formula is C30H33FN3O6P. The van der Waals surface area contributed by atoms with Crippen molar-refractivity contribution in [2.45, 2.75) is 50.7 Å². The first-order valence-corrected chi connectivity index (χ1v) is 15.6. The maximum Gasteiger partial charge on any atom is 0.415 e. The second-order valence-electron chi connectivity index (χ2n) is 11.1. The fraction of sp³-hybridized carbons (Fsp3) is 0.400. The summed E-state index contributed by atoms with van der Waals surface area (Å²) in [5, 5.41) is -0.0879. The summed E-state index contributed by atoms with van der Waals surface area (Å²) in [5.74, 6) is 0.909. The Hall–Kier alpha value is -3.30. The molecule has 0 atom stereocenters. The van der Waals surface area contributed by atoms with Crippen LogP contribution in [0.25, 0.3) is 11.3 Å². The van der Waals surface area contributed by atoms with Crippen molar-refractivity contribution in [1.29, 1.82) is 0 Å². The molecule has 1 saturated carbocycles. The molecule has 9 nitrogen and oxygen atoms in total. The molecule has 41 heavy (non-hydrogen) atoms. The van der Waals surface area contributed by atoms with Crippen LogP contribution in [0.2, 0.25) is 0 Å². The number of hydrogen-bond donors (Lipinski definition) is 2. The highest BCUT2D eigenvalue weighted by Gasteiger charge is 2.47. The van der Waals surface area contributed by atoms with Gasteiger partial charge in [-0.3, -0.25) is 19.3 Å². The predicted molar refractivity (Wildman–Crippen MR) is 152 cm³/mol. The molecule has 3 aliphatic rings. The smallest absolute Gasteiger partial charge is 0.415 e. The van der Waals surface area contributed by atoms with Crippen LogP contribution < -0.4 is 14.9 Å². The van der Waals surface area contributed by atoms with Gasteiger partial charge in [0.25, 0.3) is 0 Å². The number of rotatable bonds is 8. The molecule has 1 aliphatic carbocycles. The van der Waals surface area contributed by atoms with Gasteiger partial charge in [-0.1, -0.05) is 0 Å². The first kappa shape index (κ1) is 27.8. The van der Waals surface area contributed by atoms with Crippen molar-refractivity contribution >= 4 is 24.7 Å². The quantitative estimate of drug-likeness (QED) is 0.359. The fourth-order valence-corrected chi connectivity index (χ4v) is 6.35. The molecule has 2 saturated heterocycles. The van der Waals surface area contributed by atoms with E-state index in [0.29, 0.717) is 44.1 Å². The highest BCUT2D eigenvalue weighted by Crippen LogP contribution is 2.46. The first-order chi connectivity index (χ1) is 19.6. The molecule has 6 rings (SSSR count). The minimum Gasteiger partial charge on any atom is -0.494 e. The first-order valence-electron chi connectivity index (χ1n) is 13.9. The lowest BCUT2D eigenvalue weighted by atomic mass is 9.90. The summed E-state index contributed by atoms with van der Waals surface area (Å²) >= 11 is 0. The molecule has 1 spiro atoms. The van der Waals surface area contributed by atoms with Crippen molar-refractivity contribution in [3.8, 4) is 17.0 Å². The van der Waals surface area contributed by atoms with Gasteiger partial charge in [0.1, 0.15) is 17.2 Å². The number of halogens is 1. The summed E-state index contributed by atoms with van der Waals surface area (Å²) in [6, 6.07) is 13.2. The van der Waals surface area contributed by atoms with Gasteiger partial charge >= 0.3 is 13.7 Å². The maximum absolute atomic E-state index is 13.5. The number of carbonyl (C=O) groups is 1. The molecule has 2 aromatic carbocycles. The number of anilines is 1. The minimum atomic E-state index is -4.35. The highest BCUT2D eigenvalue weighted by molar-refractivity contribution is 7.60. The zero-order chi connectivity index (χ0) is 28.8. The van der Waals surface area contributed by atoms with Gasteiger partial charge in [-0.25, -0.2) is 9.18 Å². The Kier molecular flexibility index (Phi) is 7.36. The molecule has 216 valence electrons. The van der Waals surface area contributed by atoms with Crippen LogP contribution in [-0.2, 0) is 15.8 Å². The summed E-state index contributed by atoms with van der Waals surface area (Å²) in [4.78, 5) is 39.8. The lowest BCUT2D eigenvalue weighted by molar-refractivity contribution is -0.00111. The number of benzene rings is 2. The second-order valence-corrected chi connectivity index (χ2v) is 12.7. The van der Waals surface area contributed by atoms with Crippen LogP contribution in [0.4, 0.5) is 14.9 Å². The van der Waals surface area contributed by atoms with E-state index < -0.39 is 19.3 Å². The van der Waals surface area contributed by atoms with E-state index in [9.17, 15) is 23.5 Å². The topological polar surface area (TPSA) is 112 Å². The van der Waals surface area contributed by atoms with Crippen LogP contribution in [0, 0.1) is 5.82 Å². The van der Waals surface area contributed by atoms with Crippen molar-refractivity contribution < 1.29 is 33.0 Å². The number of piperidine rings is 1. The lowest BCUT2D eigenvalue weighted by Crippen LogP contribution is -2.46. The number of likely N-dealkylation sites (tertiary alicyclic amines) is 1. The maximum atomic E-state index is 13.5. The average Bonchev–Trinajstić information content (AvgIpc) is 3.74. The molecule has 2 aliphatic heterocycles. The van der Waals surface area contributed by atoms with E-state index in [2.05, 4.69) is 16.0 Å². The van der Waals surface area contributed by atoms with E-state index in [1.54, 1.807) is 18.2 Å². The largest absolute Gasteiger partial charge is 0.494 e. The summed E-state index contributed by atoms with van der Waals surface area (Å²) in [5.41, 5.74) is 4.01. The predicted octanol–water partition coefficient (Wildman–Crippen LogP) is 4.96. The van der Waals surface area contributed by atoms with Crippen molar-refractivity contribution in [1.82, 2.24) is 9.88 Å². The van der Waals surface area contributed by atoms with Crippen molar-refractivity contribution in [3.63, 3.8) is 0 Å². The van der Waals surface area contributed by atoms with Gasteiger partial charge in [0.05, 0.1) is 30.3 Å². The third-order valence-corrected chi connectivity index (χ3v) is 9.15. The van der Waals surface area contributed by atoms with Crippen molar-refractivity contribution in [3.05, 3.63) is 71.7 Å². The van der Waals surface area contributed by atoms with Crippen LogP contribution in [0.3, 0.4) is 0 Å². The molecule has 11 heteroatoms. The fourth-order valence-electron chi connectivity index (χ4n) is 5.81. The molecule has 3 aromatic rings. The molecule has 0 bridgehead atoms. The van der Waals surface area contributed by atoms with Gasteiger partial charge in [-0.05, 0) is 79.8 Å². The van der Waals surface area contributed by atoms with Crippen molar-refractivity contribution in [2.24, 2.45) is 0 Å². The number of hydrogen-bond acceptors (Lipinski definition) is 6. The number of aromatic nitrogens is 1. The minimum absolute atomic E-state index is 0.0879. The molecule has 3 fully saturated rings. The standard InChI is InChI=1S/C30H33FN3O6P/c1-2-39-28-16-26(27-10-5-22(31)17-32-27)25(20-3-4-20)15-21(28)18-33-13-11-30(12-14-33)19-34(29(35)40-30)23-6-8-24(9-7-23)41(36,37)38/h5-10,15-17,20H,2-4,11-14,18-19H2,1H3,(H2,36,37,38). The number of carbonyl (C=O) groups excluding carboxylic acids is 1. The Balaban J connectivity index is 1.16. The Morgan fingerprint density at radius 2 is 1.85 bits per heavy atom. The monoisotopic (exact) mass is 581 g/mol. The molecule has 0 radical (unpaired) electrons. The van der Waals surface area contributed by atoms with Crippen LogP contribution in [0.5, 0.6) is 5.75 Å². The number of amides is 1. The van der Waals surface area contributed by atoms with E-state index in [4.69, 9.17) is 9.47 Å². The van der Waals surface area contributed by atoms with Crippen LogP contribution in [-0.4, -0.2) is 57.6 Å². The highest BCUT2D eigenvalue weighted by atomic mass is 31.2. The van der Waals surface area contributed by atoms with E-state index in [0.717, 1.165) is 48.5 Å². The Morgan fingerprint density at radius 3 is 2.46 bits per heavy atom. The Bertz CT molecular complexity index is 1480. The number of pyridine rings is 1. The molecule has 0 unspecified atom stereocenters. The van der Waals surface area contributed by atoms with Crippen LogP contribution in [0.1, 0.15) is 49.7 Å². The molecule has 1 amide bonds. The third kappa shape index (κ3) is 5.88. The van der Waals surface area contributed by atoms with Crippen molar-refractivity contribution in [2.75, 3.05) is 31.1 Å². The van der Waals surface area contributed by atoms with Gasteiger partial charge in [0.2, 0.25) is 0 Å². The number of nitrogens with zero attached hydrogens (tertiary/aromatic N) is 3. The van der Waals surface area contributed by atoms with Crippen LogP contribution in [0.15, 0.2) is 54.7 Å². The van der Waals surface area contributed by atoms with Gasteiger partial charge in [-0.15, -0.1) is 0 Å². The normalized spacial score (nSPS) is 19.0. The molecular weight excluding hydrogens is 548 g/mol. The van der Waals surface area contributed by atoms with Gasteiger partial charge in [-0.2, -0.15) is 0 Å². The SMILES string of the molecule is CCOc1cc(-c2ccc(F)cn2)c(C2CC2)cc1CN1CCC2(CC1)CN(c1ccc(P(=O)(O)O)cc1)C(=O)O2. The Labute approximate surface area is 238 Å². The molecule has 1 aromatic heterocycles. The van der Waals surface area contributed by atoms with E-state index in [1.807, 2.05) is 13.0 Å². The Morgan fingerprint density at radius 1 is 1.12 bits per heavy atom. The zero-order valence-corrected chi connectivity index (χ0v) is 23.7. The lowest BCUT2D eigenvalue weighted by Gasteiger charge is -2.37. The van der Waals surface area contributed by atoms with Gasteiger partial charge < -0.3 is 19.3 Å². The van der Waals surface area contributed by atoms with Gasteiger partial charge in [0.15, 0.2) is 0 Å². The van der Waals surface area contributed by atoms with E-state index >= 15 is 0 Å².